The van der Waals surface area contributed by atoms with Gasteiger partial charge in [-0.25, -0.2) is 4.98 Å². The molecule has 5 nitrogen and oxygen atoms in total. The molecule has 0 unspecified atom stereocenters. The largest absolute Gasteiger partial charge is 0.510 e. The molecular weight excluding hydrogens is 880 g/mol. The van der Waals surface area contributed by atoms with E-state index >= 15 is 0 Å². The molecule has 5 heterocycles. The quantitative estimate of drug-likeness (QED) is 0.122. The number of ether oxygens (including phenoxy) is 1. The van der Waals surface area contributed by atoms with Crippen LogP contribution in [0.3, 0.4) is 0 Å². The fourth-order valence-electron chi connectivity index (χ4n) is 9.12. The van der Waals surface area contributed by atoms with Crippen molar-refractivity contribution in [3.63, 3.8) is 0 Å². The van der Waals surface area contributed by atoms with Gasteiger partial charge >= 0.3 is 0 Å². The van der Waals surface area contributed by atoms with Gasteiger partial charge in [0.05, 0.1) is 22.4 Å². The van der Waals surface area contributed by atoms with Gasteiger partial charge in [0.25, 0.3) is 6.33 Å². The number of nitrogens with zero attached hydrogens (tertiary/aromatic N) is 4. The van der Waals surface area contributed by atoms with E-state index in [0.717, 1.165) is 89.1 Å². The fraction of sp³-hybridized carbons (Fsp3) is 0.0588. The molecule has 8 bridgehead atoms. The van der Waals surface area contributed by atoms with Crippen molar-refractivity contribution >= 4 is 32.8 Å². The molecule has 10 aromatic rings. The van der Waals surface area contributed by atoms with E-state index in [-0.39, 0.29) is 26.5 Å². The van der Waals surface area contributed by atoms with Crippen LogP contribution in [0.15, 0.2) is 158 Å². The molecule has 6 heteroatoms. The number of fused-ring (bicyclic) bond motifs is 15. The Kier molecular flexibility index (Phi) is 7.39. The second-order valence-electron chi connectivity index (χ2n) is 15.2. The van der Waals surface area contributed by atoms with Gasteiger partial charge in [-0.05, 0) is 62.5 Å². The molecule has 0 saturated carbocycles. The molecule has 0 spiro atoms. The standard InChI is InChI=1S/C51H32N4O.Pt/c1-51(2)41-28-26-34-30-47(41)54-31-53(45-23-11-20-42(51)50(45)54)49-35(32-13-4-3-5-14-32)18-10-19-40(49)36-15-6-7-16-37(36)43-21-12-24-48(52-43)55-44-22-9-8-17-38(44)39-27-25-33(56-34)29-46(39)55;/h3-28H,1-2H3;/q-2;. The maximum Gasteiger partial charge on any atom is 0.268 e. The van der Waals surface area contributed by atoms with E-state index in [1.54, 1.807) is 0 Å². The maximum atomic E-state index is 6.68. The minimum atomic E-state index is -0.307. The van der Waals surface area contributed by atoms with Gasteiger partial charge in [0.15, 0.2) is 0 Å². The first kappa shape index (κ1) is 33.8. The van der Waals surface area contributed by atoms with Crippen LogP contribution in [0, 0.1) is 18.5 Å². The first-order valence-electron chi connectivity index (χ1n) is 19.0. The number of para-hydroxylation sites is 3. The Morgan fingerprint density at radius 2 is 1.32 bits per heavy atom. The van der Waals surface area contributed by atoms with Crippen molar-refractivity contribution in [3.8, 4) is 62.2 Å². The van der Waals surface area contributed by atoms with E-state index in [1.807, 2.05) is 12.1 Å². The third-order valence-electron chi connectivity index (χ3n) is 11.7. The first-order valence-corrected chi connectivity index (χ1v) is 19.0. The summed E-state index contributed by atoms with van der Waals surface area (Å²) < 4.78 is 13.3. The number of imidazole rings is 1. The predicted molar refractivity (Wildman–Crippen MR) is 222 cm³/mol. The predicted octanol–water partition coefficient (Wildman–Crippen LogP) is 11.5. The van der Waals surface area contributed by atoms with Crippen LogP contribution in [0.1, 0.15) is 25.0 Å². The normalized spacial score (nSPS) is 13.2. The van der Waals surface area contributed by atoms with E-state index in [4.69, 9.17) is 9.72 Å². The Morgan fingerprint density at radius 3 is 2.21 bits per heavy atom. The van der Waals surface area contributed by atoms with E-state index < -0.39 is 0 Å². The average Bonchev–Trinajstić information content (AvgIpc) is 3.79. The average molecular weight is 912 g/mol. The summed E-state index contributed by atoms with van der Waals surface area (Å²) >= 11 is 0. The summed E-state index contributed by atoms with van der Waals surface area (Å²) in [7, 11) is 0. The second-order valence-corrected chi connectivity index (χ2v) is 15.2. The fourth-order valence-corrected chi connectivity index (χ4v) is 9.12. The van der Waals surface area contributed by atoms with Gasteiger partial charge < -0.3 is 13.9 Å². The second kappa shape index (κ2) is 12.5. The first-order chi connectivity index (χ1) is 27.5. The zero-order valence-corrected chi connectivity index (χ0v) is 33.3. The Morgan fingerprint density at radius 1 is 0.596 bits per heavy atom. The molecule has 274 valence electrons. The molecule has 2 aliphatic heterocycles. The molecule has 0 saturated heterocycles. The third-order valence-corrected chi connectivity index (χ3v) is 11.7. The summed E-state index contributed by atoms with van der Waals surface area (Å²) in [6, 6.07) is 63.0. The zero-order valence-electron chi connectivity index (χ0n) is 31.0. The van der Waals surface area contributed by atoms with Crippen LogP contribution < -0.4 is 9.30 Å². The molecule has 0 fully saturated rings. The monoisotopic (exact) mass is 911 g/mol. The zero-order chi connectivity index (χ0) is 37.1. The van der Waals surface area contributed by atoms with Gasteiger partial charge in [-0.3, -0.25) is 4.57 Å². The number of hydrogen-bond acceptors (Lipinski definition) is 2. The number of pyridine rings is 1. The van der Waals surface area contributed by atoms with E-state index in [1.165, 1.54) is 5.56 Å². The van der Waals surface area contributed by atoms with Gasteiger partial charge in [0.2, 0.25) is 0 Å². The van der Waals surface area contributed by atoms with Gasteiger partial charge in [0, 0.05) is 43.6 Å². The summed E-state index contributed by atoms with van der Waals surface area (Å²) in [6.07, 6.45) is 3.88. The van der Waals surface area contributed by atoms with Crippen molar-refractivity contribution in [2.24, 2.45) is 0 Å². The van der Waals surface area contributed by atoms with Crippen molar-refractivity contribution in [2.75, 3.05) is 0 Å². The SMILES string of the molecule is CC1(C)c2ccc3[c-]c2-n2[c-][n+](c4cccc1c42)-c1c(-c2ccccc2)cccc1-c1ccccc1-c1cccc(n1)-n1c2[c-]c(ccc2c2ccccc21)O3.[Pt]. The molecule has 12 rings (SSSR count). The van der Waals surface area contributed by atoms with Crippen LogP contribution in [-0.4, -0.2) is 14.1 Å². The minimum Gasteiger partial charge on any atom is -0.510 e. The van der Waals surface area contributed by atoms with Gasteiger partial charge in [-0.2, -0.15) is 12.1 Å². The molecule has 0 atom stereocenters. The van der Waals surface area contributed by atoms with Crippen LogP contribution in [0.5, 0.6) is 11.5 Å². The molecule has 3 aromatic heterocycles. The van der Waals surface area contributed by atoms with E-state index in [0.29, 0.717) is 11.5 Å². The number of benzene rings is 7. The third kappa shape index (κ3) is 4.85. The van der Waals surface area contributed by atoms with Crippen LogP contribution in [0.2, 0.25) is 0 Å². The number of hydrogen-bond donors (Lipinski definition) is 0. The molecule has 7 aromatic carbocycles. The van der Waals surface area contributed by atoms with Crippen molar-refractivity contribution in [2.45, 2.75) is 19.3 Å². The minimum absolute atomic E-state index is 0. The summed E-state index contributed by atoms with van der Waals surface area (Å²) in [5, 5.41) is 2.21. The van der Waals surface area contributed by atoms with Crippen molar-refractivity contribution < 1.29 is 30.4 Å². The van der Waals surface area contributed by atoms with E-state index in [2.05, 4.69) is 192 Å². The number of rotatable bonds is 1. The summed E-state index contributed by atoms with van der Waals surface area (Å²) in [5.74, 6) is 2.02. The summed E-state index contributed by atoms with van der Waals surface area (Å²) in [4.78, 5) is 5.43. The molecule has 57 heavy (non-hydrogen) atoms. The molecule has 0 aliphatic carbocycles. The molecule has 0 radical (unpaired) electrons. The van der Waals surface area contributed by atoms with E-state index in [9.17, 15) is 0 Å². The van der Waals surface area contributed by atoms with Crippen molar-refractivity contribution in [3.05, 3.63) is 187 Å². The Labute approximate surface area is 344 Å². The Balaban J connectivity index is 0.00000374. The number of aromatic nitrogens is 4. The molecule has 2 aliphatic rings. The summed E-state index contributed by atoms with van der Waals surface area (Å²) in [6.45, 7) is 4.60. The smallest absolute Gasteiger partial charge is 0.268 e. The van der Waals surface area contributed by atoms with Crippen molar-refractivity contribution in [1.29, 1.82) is 0 Å². The van der Waals surface area contributed by atoms with Gasteiger partial charge in [-0.1, -0.05) is 135 Å². The molecule has 0 N–H and O–H groups in total. The topological polar surface area (TPSA) is 35.9 Å². The van der Waals surface area contributed by atoms with Gasteiger partial charge in [-0.15, -0.1) is 35.2 Å². The molecule has 0 amide bonds. The van der Waals surface area contributed by atoms with Crippen molar-refractivity contribution in [1.82, 2.24) is 14.1 Å². The van der Waals surface area contributed by atoms with Crippen LogP contribution in [0.25, 0.3) is 83.5 Å². The summed E-state index contributed by atoms with van der Waals surface area (Å²) in [5.41, 5.74) is 14.5. The maximum absolute atomic E-state index is 6.68. The Hall–Kier alpha value is -6.55. The van der Waals surface area contributed by atoms with Gasteiger partial charge in [0.1, 0.15) is 5.82 Å². The Bertz CT molecular complexity index is 3270. The van der Waals surface area contributed by atoms with Crippen LogP contribution >= 0.6 is 0 Å². The van der Waals surface area contributed by atoms with Crippen LogP contribution in [0.4, 0.5) is 0 Å². The molecular formula is C51H32N4OPt-2. The van der Waals surface area contributed by atoms with Crippen LogP contribution in [-0.2, 0) is 26.5 Å².